The Balaban J connectivity index is 3.16. The maximum absolute atomic E-state index is 11.7. The van der Waals surface area contributed by atoms with Crippen LogP contribution in [0.25, 0.3) is 0 Å². The molecule has 0 radical (unpaired) electrons. The van der Waals surface area contributed by atoms with Crippen LogP contribution < -0.4 is 4.48 Å². The topological polar surface area (TPSA) is 17.1 Å². The molecule has 0 unspecified atom stereocenters. The van der Waals surface area contributed by atoms with Crippen LogP contribution in [0.15, 0.2) is 18.2 Å². The van der Waals surface area contributed by atoms with Crippen LogP contribution in [-0.4, -0.2) is 20.0 Å². The Kier molecular flexibility index (Phi) is 3.77. The average molecular weight is 247 g/mol. The van der Waals surface area contributed by atoms with Gasteiger partial charge in [0.05, 0.1) is 30.6 Å². The second kappa shape index (κ2) is 4.52. The van der Waals surface area contributed by atoms with Crippen molar-refractivity contribution in [2.45, 2.75) is 13.3 Å². The molecule has 0 atom stereocenters. The third-order valence-corrected chi connectivity index (χ3v) is 3.21. The van der Waals surface area contributed by atoms with Crippen LogP contribution in [-0.2, 0) is 4.79 Å². The molecule has 0 aliphatic carbocycles. The molecule has 2 nitrogen and oxygen atoms in total. The number of hydrogen-bond donors (Lipinski definition) is 0. The van der Waals surface area contributed by atoms with Gasteiger partial charge in [0.1, 0.15) is 5.69 Å². The average Bonchev–Trinajstić information content (AvgIpc) is 2.20. The Hall–Kier alpha value is -0.570. The lowest BCUT2D eigenvalue weighted by Crippen LogP contribution is -2.46. The zero-order valence-electron chi connectivity index (χ0n) is 9.05. The molecule has 0 N–H and O–H groups in total. The lowest BCUT2D eigenvalue weighted by molar-refractivity contribution is -0.127. The largest absolute Gasteiger partial charge is 0.318 e. The lowest BCUT2D eigenvalue weighted by Gasteiger charge is -2.26. The number of benzene rings is 1. The van der Waals surface area contributed by atoms with Crippen molar-refractivity contribution in [2.24, 2.45) is 0 Å². The minimum atomic E-state index is 0.133. The fraction of sp³-hybridized carbons (Fsp3) is 0.364. The minimum Gasteiger partial charge on any atom is -0.233 e. The number of amides is 1. The van der Waals surface area contributed by atoms with E-state index >= 15 is 0 Å². The van der Waals surface area contributed by atoms with E-state index in [1.165, 1.54) is 0 Å². The third kappa shape index (κ3) is 2.51. The summed E-state index contributed by atoms with van der Waals surface area (Å²) in [6.45, 7) is 1.85. The predicted octanol–water partition coefficient (Wildman–Crippen LogP) is 3.50. The summed E-state index contributed by atoms with van der Waals surface area (Å²) in [5.74, 6) is 0.133. The van der Waals surface area contributed by atoms with Crippen molar-refractivity contribution >= 4 is 34.8 Å². The van der Waals surface area contributed by atoms with Gasteiger partial charge in [0, 0.05) is 12.1 Å². The fourth-order valence-electron chi connectivity index (χ4n) is 1.37. The molecule has 0 aliphatic heterocycles. The summed E-state index contributed by atoms with van der Waals surface area (Å²) in [7, 11) is 3.68. The van der Waals surface area contributed by atoms with Crippen LogP contribution in [0.5, 0.6) is 0 Å². The first-order chi connectivity index (χ1) is 6.89. The molecule has 0 bridgehead atoms. The molecule has 0 aliphatic rings. The number of carbonyl (C=O) groups excluding carboxylic acids is 1. The molecule has 0 fully saturated rings. The van der Waals surface area contributed by atoms with Gasteiger partial charge >= 0.3 is 5.91 Å². The molecular formula is C11H14Cl2NO+. The van der Waals surface area contributed by atoms with E-state index in [2.05, 4.69) is 0 Å². The second-order valence-electron chi connectivity index (χ2n) is 3.80. The van der Waals surface area contributed by atoms with Gasteiger partial charge in [-0.25, -0.2) is 9.28 Å². The molecule has 0 aromatic heterocycles. The van der Waals surface area contributed by atoms with Crippen LogP contribution in [0.4, 0.5) is 5.69 Å². The molecule has 0 saturated carbocycles. The van der Waals surface area contributed by atoms with Crippen molar-refractivity contribution < 1.29 is 4.79 Å². The van der Waals surface area contributed by atoms with Crippen molar-refractivity contribution in [3.05, 3.63) is 28.2 Å². The highest BCUT2D eigenvalue weighted by molar-refractivity contribution is 6.42. The zero-order valence-corrected chi connectivity index (χ0v) is 10.6. The SMILES string of the molecule is CCC(=O)[N+](C)(C)c1ccc(Cl)c(Cl)c1. The normalized spacial score (nSPS) is 11.5. The van der Waals surface area contributed by atoms with Crippen LogP contribution >= 0.6 is 23.2 Å². The molecule has 0 saturated heterocycles. The summed E-state index contributed by atoms with van der Waals surface area (Å²) in [5.41, 5.74) is 0.844. The van der Waals surface area contributed by atoms with E-state index in [1.807, 2.05) is 27.1 Å². The Morgan fingerprint density at radius 2 is 1.87 bits per heavy atom. The van der Waals surface area contributed by atoms with Gasteiger partial charge in [-0.3, -0.25) is 0 Å². The van der Waals surface area contributed by atoms with Gasteiger partial charge < -0.3 is 0 Å². The number of hydrogen-bond acceptors (Lipinski definition) is 1. The van der Waals surface area contributed by atoms with E-state index in [0.717, 1.165) is 5.69 Å². The Morgan fingerprint density at radius 3 is 2.33 bits per heavy atom. The summed E-state index contributed by atoms with van der Waals surface area (Å²) in [4.78, 5) is 11.7. The van der Waals surface area contributed by atoms with Crippen molar-refractivity contribution in [3.63, 3.8) is 0 Å². The summed E-state index contributed by atoms with van der Waals surface area (Å²) in [5, 5.41) is 0.980. The summed E-state index contributed by atoms with van der Waals surface area (Å²) >= 11 is 11.7. The van der Waals surface area contributed by atoms with Gasteiger partial charge in [-0.05, 0) is 6.07 Å². The van der Waals surface area contributed by atoms with Crippen molar-refractivity contribution in [1.29, 1.82) is 0 Å². The number of nitrogens with zero attached hydrogens (tertiary/aromatic N) is 1. The molecule has 15 heavy (non-hydrogen) atoms. The molecule has 0 heterocycles. The van der Waals surface area contributed by atoms with Crippen LogP contribution in [0.1, 0.15) is 13.3 Å². The van der Waals surface area contributed by atoms with Crippen LogP contribution in [0.2, 0.25) is 10.0 Å². The number of rotatable bonds is 2. The van der Waals surface area contributed by atoms with Crippen molar-refractivity contribution in [2.75, 3.05) is 14.1 Å². The number of carbonyl (C=O) groups is 1. The van der Waals surface area contributed by atoms with E-state index in [4.69, 9.17) is 23.2 Å². The van der Waals surface area contributed by atoms with Gasteiger partial charge in [0.15, 0.2) is 0 Å². The first kappa shape index (κ1) is 12.5. The first-order valence-corrected chi connectivity index (χ1v) is 5.48. The molecule has 1 aromatic carbocycles. The third-order valence-electron chi connectivity index (χ3n) is 2.47. The molecule has 82 valence electrons. The molecule has 1 rings (SSSR count). The predicted molar refractivity (Wildman–Crippen MR) is 65.4 cm³/mol. The maximum atomic E-state index is 11.7. The summed E-state index contributed by atoms with van der Waals surface area (Å²) in [6, 6.07) is 5.27. The van der Waals surface area contributed by atoms with E-state index in [-0.39, 0.29) is 10.4 Å². The van der Waals surface area contributed by atoms with Crippen LogP contribution in [0, 0.1) is 0 Å². The maximum Gasteiger partial charge on any atom is 0.318 e. The van der Waals surface area contributed by atoms with Crippen molar-refractivity contribution in [3.8, 4) is 0 Å². The highest BCUT2D eigenvalue weighted by Crippen LogP contribution is 2.29. The highest BCUT2D eigenvalue weighted by atomic mass is 35.5. The number of quaternary nitrogens is 1. The molecular weight excluding hydrogens is 233 g/mol. The number of halogens is 2. The van der Waals surface area contributed by atoms with Gasteiger partial charge in [0.25, 0.3) is 0 Å². The van der Waals surface area contributed by atoms with Gasteiger partial charge in [0.2, 0.25) is 0 Å². The van der Waals surface area contributed by atoms with Gasteiger partial charge in [-0.15, -0.1) is 0 Å². The van der Waals surface area contributed by atoms with Crippen LogP contribution in [0.3, 0.4) is 0 Å². The van der Waals surface area contributed by atoms with E-state index in [1.54, 1.807) is 12.1 Å². The van der Waals surface area contributed by atoms with E-state index < -0.39 is 0 Å². The zero-order chi connectivity index (χ0) is 11.6. The molecule has 4 heteroatoms. The van der Waals surface area contributed by atoms with E-state index in [9.17, 15) is 4.79 Å². The molecule has 1 amide bonds. The quantitative estimate of drug-likeness (QED) is 0.731. The second-order valence-corrected chi connectivity index (χ2v) is 4.61. The van der Waals surface area contributed by atoms with E-state index in [0.29, 0.717) is 16.5 Å². The molecule has 1 aromatic rings. The Labute approximate surface area is 100.0 Å². The lowest BCUT2D eigenvalue weighted by atomic mass is 10.2. The smallest absolute Gasteiger partial charge is 0.233 e. The van der Waals surface area contributed by atoms with Crippen molar-refractivity contribution in [1.82, 2.24) is 4.48 Å². The summed E-state index contributed by atoms with van der Waals surface area (Å²) in [6.07, 6.45) is 0.493. The Morgan fingerprint density at radius 1 is 1.27 bits per heavy atom. The monoisotopic (exact) mass is 246 g/mol. The first-order valence-electron chi connectivity index (χ1n) is 4.72. The van der Waals surface area contributed by atoms with Gasteiger partial charge in [-0.1, -0.05) is 30.1 Å². The minimum absolute atomic E-state index is 0.133. The molecule has 0 spiro atoms. The summed E-state index contributed by atoms with van der Waals surface area (Å²) < 4.78 is 0.188. The highest BCUT2D eigenvalue weighted by Gasteiger charge is 2.27. The fourth-order valence-corrected chi connectivity index (χ4v) is 1.66. The standard InChI is InChI=1S/C11H14Cl2NO/c1-4-11(15)14(2,3)8-5-6-9(12)10(13)7-8/h5-7H,4H2,1-3H3/q+1. The van der Waals surface area contributed by atoms with Gasteiger partial charge in [-0.2, -0.15) is 0 Å². The Bertz CT molecular complexity index is 388.